The molecule has 112 valence electrons. The molecular formula is C19H20N2O. The first-order chi connectivity index (χ1) is 10.5. The Balaban J connectivity index is 1.89. The molecule has 22 heavy (non-hydrogen) atoms. The van der Waals surface area contributed by atoms with Crippen LogP contribution in [-0.2, 0) is 5.41 Å². The molecule has 4 rings (SSSR count). The number of nitrogens with two attached hydrogens (primary N) is 1. The van der Waals surface area contributed by atoms with Gasteiger partial charge in [-0.15, -0.1) is 0 Å². The quantitative estimate of drug-likeness (QED) is 0.751. The molecule has 2 aliphatic rings. The van der Waals surface area contributed by atoms with Crippen LogP contribution in [0.15, 0.2) is 48.5 Å². The van der Waals surface area contributed by atoms with E-state index in [9.17, 15) is 0 Å². The lowest BCUT2D eigenvalue weighted by atomic mass is 9.76. The molecule has 0 fully saturated rings. The summed E-state index contributed by atoms with van der Waals surface area (Å²) in [7, 11) is 2.10. The van der Waals surface area contributed by atoms with Crippen LogP contribution in [0.2, 0.25) is 0 Å². The third kappa shape index (κ3) is 1.46. The summed E-state index contributed by atoms with van der Waals surface area (Å²) < 4.78 is 6.53. The molecule has 2 aromatic carbocycles. The smallest absolute Gasteiger partial charge is 0.211 e. The maximum absolute atomic E-state index is 6.53. The highest BCUT2D eigenvalue weighted by Gasteiger charge is 2.57. The van der Waals surface area contributed by atoms with E-state index in [1.165, 1.54) is 11.3 Å². The Morgan fingerprint density at radius 2 is 1.86 bits per heavy atom. The van der Waals surface area contributed by atoms with Crippen molar-refractivity contribution in [1.29, 1.82) is 0 Å². The van der Waals surface area contributed by atoms with Crippen LogP contribution < -0.4 is 15.4 Å². The molecule has 1 spiro atoms. The number of benzene rings is 2. The number of hydrogen-bond donors (Lipinski definition) is 1. The van der Waals surface area contributed by atoms with Gasteiger partial charge in [0.1, 0.15) is 5.75 Å². The molecule has 0 aliphatic carbocycles. The Kier molecular flexibility index (Phi) is 2.45. The van der Waals surface area contributed by atoms with Gasteiger partial charge in [0.25, 0.3) is 0 Å². The molecule has 2 aromatic rings. The molecule has 0 saturated heterocycles. The Hall–Kier alpha value is -2.42. The number of nitrogen functional groups attached to an aromatic ring is 1. The summed E-state index contributed by atoms with van der Waals surface area (Å²) in [6.07, 6.45) is 4.29. The third-order valence-corrected chi connectivity index (χ3v) is 5.12. The van der Waals surface area contributed by atoms with Gasteiger partial charge in [0.2, 0.25) is 5.72 Å². The molecule has 2 heterocycles. The van der Waals surface area contributed by atoms with Crippen molar-refractivity contribution in [2.24, 2.45) is 0 Å². The SMILES string of the molecule is CN1c2ccccc2C(C)(C)C12C=Cc1cc(N)ccc1O2. The number of ether oxygens (including phenoxy) is 1. The Morgan fingerprint density at radius 3 is 2.64 bits per heavy atom. The van der Waals surface area contributed by atoms with Crippen LogP contribution in [0.5, 0.6) is 5.75 Å². The van der Waals surface area contributed by atoms with Crippen LogP contribution >= 0.6 is 0 Å². The maximum Gasteiger partial charge on any atom is 0.211 e. The molecule has 0 bridgehead atoms. The second-order valence-electron chi connectivity index (χ2n) is 6.63. The Bertz CT molecular complexity index is 794. The van der Waals surface area contributed by atoms with E-state index >= 15 is 0 Å². The zero-order valence-corrected chi connectivity index (χ0v) is 13.1. The Morgan fingerprint density at radius 1 is 1.09 bits per heavy atom. The summed E-state index contributed by atoms with van der Waals surface area (Å²) in [5.74, 6) is 0.879. The maximum atomic E-state index is 6.53. The van der Waals surface area contributed by atoms with Crippen molar-refractivity contribution in [3.63, 3.8) is 0 Å². The van der Waals surface area contributed by atoms with Crippen molar-refractivity contribution >= 4 is 17.5 Å². The van der Waals surface area contributed by atoms with Gasteiger partial charge >= 0.3 is 0 Å². The van der Waals surface area contributed by atoms with E-state index in [2.05, 4.69) is 62.2 Å². The average Bonchev–Trinajstić information content (AvgIpc) is 2.67. The minimum atomic E-state index is -0.514. The summed E-state index contributed by atoms with van der Waals surface area (Å²) in [5, 5.41) is 0. The molecule has 3 nitrogen and oxygen atoms in total. The minimum absolute atomic E-state index is 0.159. The number of nitrogens with zero attached hydrogens (tertiary/aromatic N) is 1. The average molecular weight is 292 g/mol. The van der Waals surface area contributed by atoms with Gasteiger partial charge < -0.3 is 15.4 Å². The van der Waals surface area contributed by atoms with Crippen molar-refractivity contribution < 1.29 is 4.74 Å². The van der Waals surface area contributed by atoms with Crippen LogP contribution in [0.3, 0.4) is 0 Å². The number of fused-ring (bicyclic) bond motifs is 2. The third-order valence-electron chi connectivity index (χ3n) is 5.12. The molecule has 1 unspecified atom stereocenters. The summed E-state index contributed by atoms with van der Waals surface area (Å²) in [5.41, 5.74) is 9.52. The van der Waals surface area contributed by atoms with Crippen LogP contribution in [0.4, 0.5) is 11.4 Å². The normalized spacial score (nSPS) is 24.0. The Labute approximate surface area is 131 Å². The van der Waals surface area contributed by atoms with Gasteiger partial charge in [-0.2, -0.15) is 0 Å². The van der Waals surface area contributed by atoms with E-state index < -0.39 is 5.72 Å². The number of likely N-dealkylation sites (N-methyl/N-ethyl adjacent to an activating group) is 1. The van der Waals surface area contributed by atoms with Crippen molar-refractivity contribution in [1.82, 2.24) is 0 Å². The molecule has 0 amide bonds. The van der Waals surface area contributed by atoms with Crippen LogP contribution in [0.25, 0.3) is 6.08 Å². The lowest BCUT2D eigenvalue weighted by Crippen LogP contribution is -2.58. The van der Waals surface area contributed by atoms with Crippen LogP contribution in [0.1, 0.15) is 25.0 Å². The summed E-state index contributed by atoms with van der Waals surface area (Å²) in [4.78, 5) is 2.23. The monoisotopic (exact) mass is 292 g/mol. The molecule has 0 radical (unpaired) electrons. The van der Waals surface area contributed by atoms with E-state index in [4.69, 9.17) is 10.5 Å². The van der Waals surface area contributed by atoms with Gasteiger partial charge in [0.15, 0.2) is 0 Å². The number of rotatable bonds is 0. The van der Waals surface area contributed by atoms with Crippen molar-refractivity contribution in [3.8, 4) is 5.75 Å². The van der Waals surface area contributed by atoms with E-state index in [1.54, 1.807) is 0 Å². The fourth-order valence-electron chi connectivity index (χ4n) is 3.80. The fourth-order valence-corrected chi connectivity index (χ4v) is 3.80. The van der Waals surface area contributed by atoms with Gasteiger partial charge in [-0.05, 0) is 55.8 Å². The van der Waals surface area contributed by atoms with Gasteiger partial charge in [-0.1, -0.05) is 18.2 Å². The molecule has 1 atom stereocenters. The highest BCUT2D eigenvalue weighted by molar-refractivity contribution is 5.73. The number of para-hydroxylation sites is 1. The molecule has 0 aromatic heterocycles. The molecule has 0 saturated carbocycles. The zero-order valence-electron chi connectivity index (χ0n) is 13.1. The topological polar surface area (TPSA) is 38.5 Å². The van der Waals surface area contributed by atoms with E-state index in [0.717, 1.165) is 17.0 Å². The summed E-state index contributed by atoms with van der Waals surface area (Å²) in [6, 6.07) is 14.3. The molecular weight excluding hydrogens is 272 g/mol. The highest BCUT2D eigenvalue weighted by Crippen LogP contribution is 2.54. The predicted octanol–water partition coefficient (Wildman–Crippen LogP) is 3.80. The molecule has 3 heteroatoms. The van der Waals surface area contributed by atoms with Crippen molar-refractivity contribution in [2.45, 2.75) is 25.0 Å². The lowest BCUT2D eigenvalue weighted by molar-refractivity contribution is 0.0582. The van der Waals surface area contributed by atoms with E-state index in [0.29, 0.717) is 0 Å². The van der Waals surface area contributed by atoms with E-state index in [-0.39, 0.29) is 5.41 Å². The minimum Gasteiger partial charge on any atom is -0.463 e. The molecule has 2 aliphatic heterocycles. The highest BCUT2D eigenvalue weighted by atomic mass is 16.5. The summed E-state index contributed by atoms with van der Waals surface area (Å²) >= 11 is 0. The number of hydrogen-bond acceptors (Lipinski definition) is 3. The van der Waals surface area contributed by atoms with Gasteiger partial charge in [0, 0.05) is 24.0 Å². The second-order valence-corrected chi connectivity index (χ2v) is 6.63. The summed E-state index contributed by atoms with van der Waals surface area (Å²) in [6.45, 7) is 4.48. The second kappa shape index (κ2) is 4.07. The fraction of sp³-hybridized carbons (Fsp3) is 0.263. The van der Waals surface area contributed by atoms with Crippen LogP contribution in [0, 0.1) is 0 Å². The standard InChI is InChI=1S/C19H20N2O/c1-18(2)15-6-4-5-7-16(15)21(3)19(18)11-10-13-12-14(20)8-9-17(13)22-19/h4-12H,20H2,1-3H3. The van der Waals surface area contributed by atoms with Gasteiger partial charge in [0.05, 0.1) is 5.41 Å². The zero-order chi connectivity index (χ0) is 15.5. The van der Waals surface area contributed by atoms with Gasteiger partial charge in [-0.3, -0.25) is 0 Å². The first-order valence-corrected chi connectivity index (χ1v) is 7.57. The largest absolute Gasteiger partial charge is 0.463 e. The van der Waals surface area contributed by atoms with Crippen molar-refractivity contribution in [2.75, 3.05) is 17.7 Å². The molecule has 2 N–H and O–H groups in total. The van der Waals surface area contributed by atoms with E-state index in [1.807, 2.05) is 18.2 Å². The first-order valence-electron chi connectivity index (χ1n) is 7.57. The lowest BCUT2D eigenvalue weighted by Gasteiger charge is -2.45. The van der Waals surface area contributed by atoms with Crippen molar-refractivity contribution in [3.05, 3.63) is 59.7 Å². The van der Waals surface area contributed by atoms with Crippen LogP contribution in [-0.4, -0.2) is 12.8 Å². The number of anilines is 2. The predicted molar refractivity (Wildman–Crippen MR) is 91.1 cm³/mol. The van der Waals surface area contributed by atoms with Gasteiger partial charge in [-0.25, -0.2) is 0 Å². The first kappa shape index (κ1) is 13.3.